The zero-order valence-electron chi connectivity index (χ0n) is 10.2. The average Bonchev–Trinajstić information content (AvgIpc) is 2.33. The largest absolute Gasteiger partial charge is 0.298 e. The van der Waals surface area contributed by atoms with Crippen LogP contribution in [0, 0.1) is 19.7 Å². The van der Waals surface area contributed by atoms with Crippen LogP contribution in [0.1, 0.15) is 21.5 Å². The van der Waals surface area contributed by atoms with Crippen LogP contribution in [0.2, 0.25) is 0 Å². The van der Waals surface area contributed by atoms with Gasteiger partial charge < -0.3 is 0 Å². The van der Waals surface area contributed by atoms with Crippen molar-refractivity contribution in [3.8, 4) is 0 Å². The first-order chi connectivity index (χ1) is 8.61. The van der Waals surface area contributed by atoms with E-state index in [0.29, 0.717) is 11.2 Å². The second-order valence-corrected chi connectivity index (χ2v) is 5.22. The summed E-state index contributed by atoms with van der Waals surface area (Å²) in [5.74, 6) is -0.472. The molecule has 0 saturated heterocycles. The Morgan fingerprint density at radius 1 is 1.11 bits per heavy atom. The van der Waals surface area contributed by atoms with Crippen molar-refractivity contribution in [3.63, 3.8) is 0 Å². The molecular formula is C15H13FOS. The number of halogens is 1. The Morgan fingerprint density at radius 2 is 1.89 bits per heavy atom. The highest BCUT2D eigenvalue weighted by atomic mass is 32.2. The van der Waals surface area contributed by atoms with Crippen LogP contribution in [0.3, 0.4) is 0 Å². The van der Waals surface area contributed by atoms with E-state index in [1.807, 2.05) is 26.0 Å². The van der Waals surface area contributed by atoms with E-state index in [1.54, 1.807) is 12.1 Å². The van der Waals surface area contributed by atoms with Gasteiger partial charge in [0.15, 0.2) is 6.29 Å². The van der Waals surface area contributed by atoms with Crippen molar-refractivity contribution < 1.29 is 9.18 Å². The molecule has 0 radical (unpaired) electrons. The highest BCUT2D eigenvalue weighted by molar-refractivity contribution is 7.99. The minimum atomic E-state index is -0.472. The molecule has 2 rings (SSSR count). The van der Waals surface area contributed by atoms with Crippen LogP contribution >= 0.6 is 11.8 Å². The fourth-order valence-corrected chi connectivity index (χ4v) is 2.75. The SMILES string of the molecule is Cc1ccc(Sc2cccc(F)c2C=O)c(C)c1. The smallest absolute Gasteiger partial charge is 0.154 e. The highest BCUT2D eigenvalue weighted by Crippen LogP contribution is 2.33. The van der Waals surface area contributed by atoms with Gasteiger partial charge in [-0.2, -0.15) is 0 Å². The maximum atomic E-state index is 13.5. The van der Waals surface area contributed by atoms with Crippen molar-refractivity contribution in [2.75, 3.05) is 0 Å². The van der Waals surface area contributed by atoms with E-state index >= 15 is 0 Å². The minimum absolute atomic E-state index is 0.127. The number of carbonyl (C=O) groups excluding carboxylic acids is 1. The van der Waals surface area contributed by atoms with E-state index < -0.39 is 5.82 Å². The summed E-state index contributed by atoms with van der Waals surface area (Å²) in [6.07, 6.45) is 0.571. The third-order valence-electron chi connectivity index (χ3n) is 2.68. The predicted octanol–water partition coefficient (Wildman–Crippen LogP) is 4.41. The molecule has 3 heteroatoms. The zero-order valence-corrected chi connectivity index (χ0v) is 11.1. The van der Waals surface area contributed by atoms with E-state index in [0.717, 1.165) is 10.5 Å². The Labute approximate surface area is 110 Å². The second-order valence-electron chi connectivity index (χ2n) is 4.14. The molecule has 0 N–H and O–H groups in total. The number of aryl methyl sites for hydroxylation is 2. The number of rotatable bonds is 3. The van der Waals surface area contributed by atoms with E-state index in [4.69, 9.17) is 0 Å². The molecule has 2 aromatic rings. The van der Waals surface area contributed by atoms with Crippen molar-refractivity contribution in [2.45, 2.75) is 23.6 Å². The molecule has 0 fully saturated rings. The molecule has 0 spiro atoms. The van der Waals surface area contributed by atoms with Crippen molar-refractivity contribution in [2.24, 2.45) is 0 Å². The standard InChI is InChI=1S/C15H13FOS/c1-10-6-7-14(11(2)8-10)18-15-5-3-4-13(16)12(15)9-17/h3-9H,1-2H3. The van der Waals surface area contributed by atoms with Crippen molar-refractivity contribution in [1.82, 2.24) is 0 Å². The van der Waals surface area contributed by atoms with E-state index in [9.17, 15) is 9.18 Å². The van der Waals surface area contributed by atoms with E-state index in [1.165, 1.54) is 23.4 Å². The number of benzene rings is 2. The normalized spacial score (nSPS) is 10.4. The van der Waals surface area contributed by atoms with Crippen LogP contribution in [0.4, 0.5) is 4.39 Å². The van der Waals surface area contributed by atoms with Crippen LogP contribution < -0.4 is 0 Å². The lowest BCUT2D eigenvalue weighted by Gasteiger charge is -2.08. The Balaban J connectivity index is 2.40. The average molecular weight is 260 g/mol. The van der Waals surface area contributed by atoms with Gasteiger partial charge in [0, 0.05) is 9.79 Å². The summed E-state index contributed by atoms with van der Waals surface area (Å²) >= 11 is 1.42. The lowest BCUT2D eigenvalue weighted by molar-refractivity contribution is 0.111. The molecule has 0 aliphatic heterocycles. The number of aldehydes is 1. The quantitative estimate of drug-likeness (QED) is 0.760. The Bertz CT molecular complexity index is 593. The monoisotopic (exact) mass is 260 g/mol. The third kappa shape index (κ3) is 2.62. The topological polar surface area (TPSA) is 17.1 Å². The van der Waals surface area contributed by atoms with Crippen LogP contribution in [0.25, 0.3) is 0 Å². The van der Waals surface area contributed by atoms with Gasteiger partial charge in [-0.3, -0.25) is 4.79 Å². The zero-order chi connectivity index (χ0) is 13.1. The van der Waals surface area contributed by atoms with Crippen LogP contribution in [-0.2, 0) is 0 Å². The molecule has 0 unspecified atom stereocenters. The summed E-state index contributed by atoms with van der Waals surface area (Å²) in [5, 5.41) is 0. The minimum Gasteiger partial charge on any atom is -0.298 e. The first kappa shape index (κ1) is 12.8. The van der Waals surface area contributed by atoms with Gasteiger partial charge in [0.05, 0.1) is 5.56 Å². The summed E-state index contributed by atoms with van der Waals surface area (Å²) < 4.78 is 13.5. The lowest BCUT2D eigenvalue weighted by Crippen LogP contribution is -1.91. The first-order valence-corrected chi connectivity index (χ1v) is 6.42. The molecule has 0 aliphatic rings. The molecule has 0 atom stereocenters. The molecule has 1 nitrogen and oxygen atoms in total. The molecule has 2 aromatic carbocycles. The van der Waals surface area contributed by atoms with Gasteiger partial charge in [0.25, 0.3) is 0 Å². The number of hydrogen-bond donors (Lipinski definition) is 0. The molecule has 0 aromatic heterocycles. The van der Waals surface area contributed by atoms with Gasteiger partial charge in [-0.1, -0.05) is 35.5 Å². The maximum Gasteiger partial charge on any atom is 0.154 e. The van der Waals surface area contributed by atoms with Crippen molar-refractivity contribution in [3.05, 3.63) is 58.9 Å². The van der Waals surface area contributed by atoms with E-state index in [-0.39, 0.29) is 5.56 Å². The van der Waals surface area contributed by atoms with Gasteiger partial charge in [0.2, 0.25) is 0 Å². The molecular weight excluding hydrogens is 247 g/mol. The summed E-state index contributed by atoms with van der Waals surface area (Å²) in [4.78, 5) is 12.6. The fourth-order valence-electron chi connectivity index (χ4n) is 1.75. The molecule has 0 saturated carbocycles. The van der Waals surface area contributed by atoms with Gasteiger partial charge in [-0.25, -0.2) is 4.39 Å². The number of carbonyl (C=O) groups is 1. The molecule has 92 valence electrons. The molecule has 0 amide bonds. The molecule has 0 heterocycles. The van der Waals surface area contributed by atoms with Crippen molar-refractivity contribution >= 4 is 18.0 Å². The molecule has 0 aliphatic carbocycles. The lowest BCUT2D eigenvalue weighted by atomic mass is 10.2. The Kier molecular flexibility index (Phi) is 3.82. The molecule has 0 bridgehead atoms. The maximum absolute atomic E-state index is 13.5. The summed E-state index contributed by atoms with van der Waals surface area (Å²) in [6, 6.07) is 10.8. The van der Waals surface area contributed by atoms with Gasteiger partial charge in [0.1, 0.15) is 5.82 Å². The summed E-state index contributed by atoms with van der Waals surface area (Å²) in [7, 11) is 0. The Hall–Kier alpha value is -1.61. The second kappa shape index (κ2) is 5.36. The van der Waals surface area contributed by atoms with Gasteiger partial charge >= 0.3 is 0 Å². The predicted molar refractivity (Wildman–Crippen MR) is 71.8 cm³/mol. The first-order valence-electron chi connectivity index (χ1n) is 5.60. The van der Waals surface area contributed by atoms with Gasteiger partial charge in [-0.15, -0.1) is 0 Å². The van der Waals surface area contributed by atoms with Crippen LogP contribution in [0.5, 0.6) is 0 Å². The van der Waals surface area contributed by atoms with Crippen LogP contribution in [0.15, 0.2) is 46.2 Å². The summed E-state index contributed by atoms with van der Waals surface area (Å²) in [5.41, 5.74) is 2.44. The number of hydrogen-bond acceptors (Lipinski definition) is 2. The van der Waals surface area contributed by atoms with E-state index in [2.05, 4.69) is 6.07 Å². The highest BCUT2D eigenvalue weighted by Gasteiger charge is 2.09. The van der Waals surface area contributed by atoms with Crippen LogP contribution in [-0.4, -0.2) is 6.29 Å². The third-order valence-corrected chi connectivity index (χ3v) is 3.93. The fraction of sp³-hybridized carbons (Fsp3) is 0.133. The summed E-state index contributed by atoms with van der Waals surface area (Å²) in [6.45, 7) is 4.04. The Morgan fingerprint density at radius 3 is 2.56 bits per heavy atom. The van der Waals surface area contributed by atoms with Crippen molar-refractivity contribution in [1.29, 1.82) is 0 Å². The van der Waals surface area contributed by atoms with Gasteiger partial charge in [-0.05, 0) is 37.6 Å². The molecule has 18 heavy (non-hydrogen) atoms.